The molecule has 0 heterocycles. The van der Waals surface area contributed by atoms with Crippen molar-refractivity contribution in [1.29, 1.82) is 0 Å². The summed E-state index contributed by atoms with van der Waals surface area (Å²) < 4.78 is 10.5. The first-order valence-corrected chi connectivity index (χ1v) is 9.93. The van der Waals surface area contributed by atoms with Crippen molar-refractivity contribution in [3.63, 3.8) is 0 Å². The van der Waals surface area contributed by atoms with Gasteiger partial charge in [-0.1, -0.05) is 24.3 Å². The average Bonchev–Trinajstić information content (AvgIpc) is 2.81. The van der Waals surface area contributed by atoms with Gasteiger partial charge in [0.15, 0.2) is 28.8 Å². The van der Waals surface area contributed by atoms with E-state index in [-0.39, 0.29) is 24.4 Å². The van der Waals surface area contributed by atoms with Crippen LogP contribution in [-0.2, 0) is 0 Å². The summed E-state index contributed by atoms with van der Waals surface area (Å²) in [6.45, 7) is 0. The van der Waals surface area contributed by atoms with Crippen molar-refractivity contribution in [2.24, 2.45) is 0 Å². The number of phenolic OH excluding ortho intramolecular Hbond substituents is 3. The number of hydrogen-bond donors (Lipinski definition) is 3. The van der Waals surface area contributed by atoms with Crippen molar-refractivity contribution in [1.82, 2.24) is 0 Å². The molecule has 0 saturated carbocycles. The molecule has 0 radical (unpaired) electrons. The van der Waals surface area contributed by atoms with Crippen LogP contribution in [0.5, 0.6) is 28.7 Å². The van der Waals surface area contributed by atoms with E-state index in [1.165, 1.54) is 26.4 Å². The number of carbonyl (C=O) groups is 2. The SMILES string of the molecule is COc1ccccc1C(=O)CC(CC(=O)c1ccccc1OC)c1cc(O)c(O)c(O)c1. The third kappa shape index (κ3) is 4.83. The molecular weight excluding hydrogens is 412 g/mol. The molecular formula is C25H24O7. The first kappa shape index (κ1) is 22.7. The molecule has 0 atom stereocenters. The van der Waals surface area contributed by atoms with Gasteiger partial charge in [0.1, 0.15) is 11.5 Å². The van der Waals surface area contributed by atoms with Crippen LogP contribution in [0.15, 0.2) is 60.7 Å². The fourth-order valence-electron chi connectivity index (χ4n) is 3.59. The highest BCUT2D eigenvalue weighted by Crippen LogP contribution is 2.40. The molecule has 0 aromatic heterocycles. The van der Waals surface area contributed by atoms with Gasteiger partial charge in [-0.05, 0) is 47.9 Å². The zero-order valence-corrected chi connectivity index (χ0v) is 17.7. The maximum absolute atomic E-state index is 13.1. The lowest BCUT2D eigenvalue weighted by molar-refractivity contribution is 0.0941. The summed E-state index contributed by atoms with van der Waals surface area (Å²) in [5.41, 5.74) is 1.05. The Labute approximate surface area is 185 Å². The molecule has 0 aliphatic rings. The fraction of sp³-hybridized carbons (Fsp3) is 0.200. The van der Waals surface area contributed by atoms with Crippen LogP contribution < -0.4 is 9.47 Å². The Kier molecular flexibility index (Phi) is 7.00. The van der Waals surface area contributed by atoms with E-state index < -0.39 is 23.2 Å². The summed E-state index contributed by atoms with van der Waals surface area (Å²) in [5, 5.41) is 29.7. The minimum Gasteiger partial charge on any atom is -0.504 e. The number of carbonyl (C=O) groups excluding carboxylic acids is 2. The molecule has 0 bridgehead atoms. The van der Waals surface area contributed by atoms with E-state index >= 15 is 0 Å². The van der Waals surface area contributed by atoms with Crippen LogP contribution in [-0.4, -0.2) is 41.1 Å². The lowest BCUT2D eigenvalue weighted by Gasteiger charge is -2.19. The number of para-hydroxylation sites is 2. The molecule has 0 unspecified atom stereocenters. The van der Waals surface area contributed by atoms with Crippen molar-refractivity contribution in [2.45, 2.75) is 18.8 Å². The average molecular weight is 436 g/mol. The number of rotatable bonds is 9. The van der Waals surface area contributed by atoms with Crippen LogP contribution in [0.25, 0.3) is 0 Å². The number of ether oxygens (including phenoxy) is 2. The highest BCUT2D eigenvalue weighted by molar-refractivity contribution is 6.01. The van der Waals surface area contributed by atoms with Crippen LogP contribution >= 0.6 is 0 Å². The van der Waals surface area contributed by atoms with Crippen LogP contribution in [0.4, 0.5) is 0 Å². The number of aromatic hydroxyl groups is 3. The summed E-state index contributed by atoms with van der Waals surface area (Å²) in [6, 6.07) is 16.0. The van der Waals surface area contributed by atoms with E-state index in [4.69, 9.17) is 9.47 Å². The van der Waals surface area contributed by atoms with E-state index in [0.29, 0.717) is 28.2 Å². The predicted octanol–water partition coefficient (Wildman–Crippen LogP) is 4.45. The van der Waals surface area contributed by atoms with Crippen molar-refractivity contribution in [3.05, 3.63) is 77.4 Å². The van der Waals surface area contributed by atoms with Crippen LogP contribution in [0.1, 0.15) is 45.0 Å². The molecule has 3 rings (SSSR count). The minimum atomic E-state index is -0.692. The Hall–Kier alpha value is -4.00. The van der Waals surface area contributed by atoms with E-state index in [2.05, 4.69) is 0 Å². The van der Waals surface area contributed by atoms with E-state index in [1.807, 2.05) is 0 Å². The number of Topliss-reactive ketones (excluding diaryl/α,β-unsaturated/α-hetero) is 2. The molecule has 7 nitrogen and oxygen atoms in total. The number of benzene rings is 3. The van der Waals surface area contributed by atoms with Gasteiger partial charge in [-0.15, -0.1) is 0 Å². The summed E-state index contributed by atoms with van der Waals surface area (Å²) in [7, 11) is 2.93. The molecule has 0 spiro atoms. The Morgan fingerprint density at radius 1 is 0.750 bits per heavy atom. The van der Waals surface area contributed by atoms with Gasteiger partial charge in [-0.2, -0.15) is 0 Å². The monoisotopic (exact) mass is 436 g/mol. The quantitative estimate of drug-likeness (QED) is 0.335. The number of phenols is 3. The first-order valence-electron chi connectivity index (χ1n) is 9.93. The number of methoxy groups -OCH3 is 2. The zero-order chi connectivity index (χ0) is 23.3. The van der Waals surface area contributed by atoms with Gasteiger partial charge < -0.3 is 24.8 Å². The minimum absolute atomic E-state index is 0.0923. The van der Waals surface area contributed by atoms with Gasteiger partial charge >= 0.3 is 0 Å². The van der Waals surface area contributed by atoms with Gasteiger partial charge in [0, 0.05) is 12.8 Å². The Morgan fingerprint density at radius 3 is 1.56 bits per heavy atom. The van der Waals surface area contributed by atoms with Crippen LogP contribution in [0.3, 0.4) is 0 Å². The highest BCUT2D eigenvalue weighted by Gasteiger charge is 2.25. The van der Waals surface area contributed by atoms with Crippen molar-refractivity contribution < 1.29 is 34.4 Å². The van der Waals surface area contributed by atoms with Gasteiger partial charge in [0.25, 0.3) is 0 Å². The summed E-state index contributed by atoms with van der Waals surface area (Å²) in [4.78, 5) is 26.2. The maximum Gasteiger partial charge on any atom is 0.200 e. The third-order valence-electron chi connectivity index (χ3n) is 5.24. The van der Waals surface area contributed by atoms with E-state index in [0.717, 1.165) is 0 Å². The van der Waals surface area contributed by atoms with E-state index in [1.54, 1.807) is 48.5 Å². The Balaban J connectivity index is 1.98. The van der Waals surface area contributed by atoms with Crippen LogP contribution in [0.2, 0.25) is 0 Å². The summed E-state index contributed by atoms with van der Waals surface area (Å²) >= 11 is 0. The lowest BCUT2D eigenvalue weighted by Crippen LogP contribution is -2.14. The summed E-state index contributed by atoms with van der Waals surface area (Å²) in [5.74, 6) is -2.17. The summed E-state index contributed by atoms with van der Waals surface area (Å²) in [6.07, 6.45) is -0.185. The Bertz CT molecular complexity index is 1050. The second-order valence-corrected chi connectivity index (χ2v) is 7.26. The number of ketones is 2. The van der Waals surface area contributed by atoms with Gasteiger partial charge in [0.2, 0.25) is 0 Å². The molecule has 3 N–H and O–H groups in total. The first-order chi connectivity index (χ1) is 15.3. The molecule has 166 valence electrons. The molecule has 3 aromatic rings. The topological polar surface area (TPSA) is 113 Å². The standard InChI is InChI=1S/C25H24O7/c1-31-23-9-5-3-7-17(23)19(26)11-15(16-13-21(28)25(30)22(29)14-16)12-20(27)18-8-4-6-10-24(18)32-2/h3-10,13-15,28-30H,11-12H2,1-2H3. The van der Waals surface area contributed by atoms with Crippen molar-refractivity contribution in [2.75, 3.05) is 14.2 Å². The van der Waals surface area contributed by atoms with Gasteiger partial charge in [-0.3, -0.25) is 9.59 Å². The second-order valence-electron chi connectivity index (χ2n) is 7.26. The molecule has 0 saturated heterocycles. The zero-order valence-electron chi connectivity index (χ0n) is 17.7. The lowest BCUT2D eigenvalue weighted by atomic mass is 9.85. The molecule has 3 aromatic carbocycles. The van der Waals surface area contributed by atoms with Gasteiger partial charge in [-0.25, -0.2) is 0 Å². The smallest absolute Gasteiger partial charge is 0.200 e. The molecule has 0 fully saturated rings. The molecule has 0 amide bonds. The largest absolute Gasteiger partial charge is 0.504 e. The molecule has 0 aliphatic carbocycles. The van der Waals surface area contributed by atoms with Crippen molar-refractivity contribution in [3.8, 4) is 28.7 Å². The second kappa shape index (κ2) is 9.87. The molecule has 0 aliphatic heterocycles. The molecule has 7 heteroatoms. The molecule has 32 heavy (non-hydrogen) atoms. The maximum atomic E-state index is 13.1. The third-order valence-corrected chi connectivity index (χ3v) is 5.24. The van der Waals surface area contributed by atoms with Crippen LogP contribution in [0, 0.1) is 0 Å². The van der Waals surface area contributed by atoms with Gasteiger partial charge in [0.05, 0.1) is 25.3 Å². The van der Waals surface area contributed by atoms with Crippen molar-refractivity contribution >= 4 is 11.6 Å². The Morgan fingerprint density at radius 2 is 1.16 bits per heavy atom. The normalized spacial score (nSPS) is 10.7. The fourth-order valence-corrected chi connectivity index (χ4v) is 3.59. The van der Waals surface area contributed by atoms with E-state index in [9.17, 15) is 24.9 Å². The predicted molar refractivity (Wildman–Crippen MR) is 118 cm³/mol. The highest BCUT2D eigenvalue weighted by atomic mass is 16.5. The number of hydrogen-bond acceptors (Lipinski definition) is 7.